The minimum absolute atomic E-state index is 0. The molecular weight excluding hydrogens is 309 g/mol. The van der Waals surface area contributed by atoms with Crippen LogP contribution in [0.4, 0.5) is 10.5 Å². The Morgan fingerprint density at radius 3 is 3.00 bits per heavy atom. The molecule has 2 rings (SSSR count). The summed E-state index contributed by atoms with van der Waals surface area (Å²) in [7, 11) is 0. The molecule has 21 heavy (non-hydrogen) atoms. The van der Waals surface area contributed by atoms with Gasteiger partial charge in [0.15, 0.2) is 0 Å². The van der Waals surface area contributed by atoms with E-state index in [-0.39, 0.29) is 18.4 Å². The maximum absolute atomic E-state index is 11.9. The second-order valence-corrected chi connectivity index (χ2v) is 5.73. The summed E-state index contributed by atoms with van der Waals surface area (Å²) in [5.41, 5.74) is 1.72. The number of nitrogens with one attached hydrogen (secondary N) is 3. The second kappa shape index (κ2) is 9.13. The van der Waals surface area contributed by atoms with Gasteiger partial charge in [-0.05, 0) is 44.0 Å². The first-order valence-corrected chi connectivity index (χ1v) is 7.57. The Morgan fingerprint density at radius 1 is 1.38 bits per heavy atom. The van der Waals surface area contributed by atoms with Crippen molar-refractivity contribution in [2.24, 2.45) is 0 Å². The standard InChI is InChI=1S/C15H22ClN3O.ClH/c1-11-6-7-13(16)14(9-11)19-15(20)18-10-12-5-3-2-4-8-17-12;/h6-7,9,12,17H,2-5,8,10H2,1H3,(H2,18,19,20);1H. The van der Waals surface area contributed by atoms with E-state index in [4.69, 9.17) is 11.6 Å². The molecule has 0 aromatic heterocycles. The van der Waals surface area contributed by atoms with Crippen LogP contribution in [0.2, 0.25) is 5.02 Å². The van der Waals surface area contributed by atoms with E-state index >= 15 is 0 Å². The molecule has 1 unspecified atom stereocenters. The normalized spacial score (nSPS) is 18.3. The van der Waals surface area contributed by atoms with Crippen LogP contribution in [0.3, 0.4) is 0 Å². The summed E-state index contributed by atoms with van der Waals surface area (Å²) < 4.78 is 0. The largest absolute Gasteiger partial charge is 0.336 e. The number of anilines is 1. The van der Waals surface area contributed by atoms with Gasteiger partial charge in [0.25, 0.3) is 0 Å². The Labute approximate surface area is 137 Å². The lowest BCUT2D eigenvalue weighted by Crippen LogP contribution is -2.41. The van der Waals surface area contributed by atoms with Gasteiger partial charge < -0.3 is 16.0 Å². The molecule has 4 nitrogen and oxygen atoms in total. The maximum atomic E-state index is 11.9. The number of urea groups is 1. The third-order valence-corrected chi connectivity index (χ3v) is 3.87. The first-order chi connectivity index (χ1) is 9.65. The molecule has 2 amide bonds. The summed E-state index contributed by atoms with van der Waals surface area (Å²) in [5, 5.41) is 9.71. The molecule has 3 N–H and O–H groups in total. The van der Waals surface area contributed by atoms with Crippen molar-refractivity contribution in [3.63, 3.8) is 0 Å². The molecule has 1 heterocycles. The van der Waals surface area contributed by atoms with Crippen LogP contribution in [-0.4, -0.2) is 25.2 Å². The molecule has 1 aromatic carbocycles. The topological polar surface area (TPSA) is 53.2 Å². The fourth-order valence-electron chi connectivity index (χ4n) is 2.39. The number of hydrogen-bond donors (Lipinski definition) is 3. The lowest BCUT2D eigenvalue weighted by Gasteiger charge is -2.17. The van der Waals surface area contributed by atoms with Crippen molar-refractivity contribution < 1.29 is 4.79 Å². The van der Waals surface area contributed by atoms with E-state index in [1.165, 1.54) is 19.3 Å². The van der Waals surface area contributed by atoms with E-state index in [9.17, 15) is 4.79 Å². The summed E-state index contributed by atoms with van der Waals surface area (Å²) in [4.78, 5) is 11.9. The number of carbonyl (C=O) groups excluding carboxylic acids is 1. The highest BCUT2D eigenvalue weighted by Gasteiger charge is 2.13. The Kier molecular flexibility index (Phi) is 7.86. The van der Waals surface area contributed by atoms with Gasteiger partial charge in [-0.1, -0.05) is 30.5 Å². The van der Waals surface area contributed by atoms with Crippen molar-refractivity contribution in [2.45, 2.75) is 38.6 Å². The molecule has 6 heteroatoms. The highest BCUT2D eigenvalue weighted by molar-refractivity contribution is 6.33. The zero-order valence-corrected chi connectivity index (χ0v) is 13.8. The molecular formula is C15H23Cl2N3O. The number of amides is 2. The monoisotopic (exact) mass is 331 g/mol. The van der Waals surface area contributed by atoms with Gasteiger partial charge in [-0.15, -0.1) is 12.4 Å². The van der Waals surface area contributed by atoms with Gasteiger partial charge in [0, 0.05) is 12.6 Å². The summed E-state index contributed by atoms with van der Waals surface area (Å²) in [6, 6.07) is 5.74. The van der Waals surface area contributed by atoms with E-state index in [0.29, 0.717) is 23.3 Å². The molecule has 1 aromatic rings. The number of aryl methyl sites for hydroxylation is 1. The molecule has 0 saturated carbocycles. The van der Waals surface area contributed by atoms with Crippen molar-refractivity contribution >= 4 is 35.7 Å². The zero-order chi connectivity index (χ0) is 14.4. The van der Waals surface area contributed by atoms with Crippen LogP contribution < -0.4 is 16.0 Å². The molecule has 1 fully saturated rings. The van der Waals surface area contributed by atoms with E-state index < -0.39 is 0 Å². The van der Waals surface area contributed by atoms with Crippen LogP contribution >= 0.6 is 24.0 Å². The summed E-state index contributed by atoms with van der Waals surface area (Å²) in [6.45, 7) is 3.65. The SMILES string of the molecule is Cc1ccc(Cl)c(NC(=O)NCC2CCCCCN2)c1.Cl. The van der Waals surface area contributed by atoms with Crippen molar-refractivity contribution in [1.29, 1.82) is 0 Å². The van der Waals surface area contributed by atoms with Crippen LogP contribution in [0, 0.1) is 6.92 Å². The quantitative estimate of drug-likeness (QED) is 0.790. The summed E-state index contributed by atoms with van der Waals surface area (Å²) in [6.07, 6.45) is 4.84. The molecule has 0 spiro atoms. The van der Waals surface area contributed by atoms with Crippen molar-refractivity contribution in [2.75, 3.05) is 18.4 Å². The number of carbonyl (C=O) groups is 1. The molecule has 0 radical (unpaired) electrons. The maximum Gasteiger partial charge on any atom is 0.319 e. The van der Waals surface area contributed by atoms with Gasteiger partial charge in [0.1, 0.15) is 0 Å². The molecule has 0 bridgehead atoms. The third-order valence-electron chi connectivity index (χ3n) is 3.54. The summed E-state index contributed by atoms with van der Waals surface area (Å²) in [5.74, 6) is 0. The van der Waals surface area contributed by atoms with Crippen LogP contribution in [0.1, 0.15) is 31.2 Å². The van der Waals surface area contributed by atoms with Crippen LogP contribution in [0.15, 0.2) is 18.2 Å². The minimum atomic E-state index is -0.205. The number of rotatable bonds is 3. The second-order valence-electron chi connectivity index (χ2n) is 5.32. The Morgan fingerprint density at radius 2 is 2.19 bits per heavy atom. The third kappa shape index (κ3) is 6.12. The Bertz CT molecular complexity index is 460. The first-order valence-electron chi connectivity index (χ1n) is 7.19. The van der Waals surface area contributed by atoms with Crippen molar-refractivity contribution in [3.8, 4) is 0 Å². The average Bonchev–Trinajstić information content (AvgIpc) is 2.69. The molecule has 1 aliphatic rings. The van der Waals surface area contributed by atoms with E-state index in [2.05, 4.69) is 16.0 Å². The van der Waals surface area contributed by atoms with Crippen molar-refractivity contribution in [3.05, 3.63) is 28.8 Å². The summed E-state index contributed by atoms with van der Waals surface area (Å²) >= 11 is 6.06. The fraction of sp³-hybridized carbons (Fsp3) is 0.533. The molecule has 118 valence electrons. The highest BCUT2D eigenvalue weighted by Crippen LogP contribution is 2.22. The molecule has 1 aliphatic heterocycles. The fourth-order valence-corrected chi connectivity index (χ4v) is 2.56. The minimum Gasteiger partial charge on any atom is -0.336 e. The van der Waals surface area contributed by atoms with Crippen LogP contribution in [0.25, 0.3) is 0 Å². The van der Waals surface area contributed by atoms with Gasteiger partial charge in [0.05, 0.1) is 10.7 Å². The van der Waals surface area contributed by atoms with Crippen LogP contribution in [-0.2, 0) is 0 Å². The Balaban J connectivity index is 0.00000220. The number of halogens is 2. The first kappa shape index (κ1) is 18.1. The average molecular weight is 332 g/mol. The predicted molar refractivity (Wildman–Crippen MR) is 90.7 cm³/mol. The number of hydrogen-bond acceptors (Lipinski definition) is 2. The van der Waals surface area contributed by atoms with Gasteiger partial charge in [-0.25, -0.2) is 4.79 Å². The number of benzene rings is 1. The van der Waals surface area contributed by atoms with Gasteiger partial charge >= 0.3 is 6.03 Å². The smallest absolute Gasteiger partial charge is 0.319 e. The van der Waals surface area contributed by atoms with Crippen LogP contribution in [0.5, 0.6) is 0 Å². The van der Waals surface area contributed by atoms with Crippen molar-refractivity contribution in [1.82, 2.24) is 10.6 Å². The van der Waals surface area contributed by atoms with E-state index in [1.807, 2.05) is 19.1 Å². The highest BCUT2D eigenvalue weighted by atomic mass is 35.5. The van der Waals surface area contributed by atoms with E-state index in [0.717, 1.165) is 18.5 Å². The van der Waals surface area contributed by atoms with Gasteiger partial charge in [-0.2, -0.15) is 0 Å². The zero-order valence-electron chi connectivity index (χ0n) is 12.2. The van der Waals surface area contributed by atoms with Gasteiger partial charge in [-0.3, -0.25) is 0 Å². The van der Waals surface area contributed by atoms with E-state index in [1.54, 1.807) is 6.07 Å². The predicted octanol–water partition coefficient (Wildman–Crippen LogP) is 3.72. The lowest BCUT2D eigenvalue weighted by molar-refractivity contribution is 0.250. The van der Waals surface area contributed by atoms with Gasteiger partial charge in [0.2, 0.25) is 0 Å². The Hall–Kier alpha value is -0.970. The lowest BCUT2D eigenvalue weighted by atomic mass is 10.1. The molecule has 1 saturated heterocycles. The molecule has 1 atom stereocenters. The molecule has 0 aliphatic carbocycles.